The number of carbonyl (C=O) groups excluding carboxylic acids is 1. The van der Waals surface area contributed by atoms with E-state index < -0.39 is 5.97 Å². The van der Waals surface area contributed by atoms with Gasteiger partial charge >= 0.3 is 5.97 Å². The number of methoxy groups -OCH3 is 1. The Bertz CT molecular complexity index is 957. The second-order valence-electron chi connectivity index (χ2n) is 5.39. The molecule has 0 unspecified atom stereocenters. The van der Waals surface area contributed by atoms with E-state index in [4.69, 9.17) is 9.47 Å². The van der Waals surface area contributed by atoms with Gasteiger partial charge in [-0.05, 0) is 12.5 Å². The molecule has 7 nitrogen and oxygen atoms in total. The predicted molar refractivity (Wildman–Crippen MR) is 87.3 cm³/mol. The van der Waals surface area contributed by atoms with Crippen LogP contribution in [0.25, 0.3) is 5.52 Å². The number of fused-ring (bicyclic) bond motifs is 1. The maximum atomic E-state index is 12.5. The molecule has 0 saturated carbocycles. The van der Waals surface area contributed by atoms with Gasteiger partial charge in [0.05, 0.1) is 12.8 Å². The topological polar surface area (TPSA) is 74.8 Å². The number of rotatable bonds is 4. The molecular weight excluding hydrogens is 310 g/mol. The average Bonchev–Trinajstić information content (AvgIpc) is 2.98. The van der Waals surface area contributed by atoms with Gasteiger partial charge in [-0.15, -0.1) is 0 Å². The van der Waals surface area contributed by atoms with Crippen molar-refractivity contribution in [3.05, 3.63) is 63.8 Å². The van der Waals surface area contributed by atoms with E-state index in [1.807, 2.05) is 30.3 Å². The lowest BCUT2D eigenvalue weighted by Crippen LogP contribution is -2.20. The normalized spacial score (nSPS) is 10.8. The molecule has 7 heteroatoms. The van der Waals surface area contributed by atoms with Crippen molar-refractivity contribution in [2.75, 3.05) is 7.11 Å². The Morgan fingerprint density at radius 3 is 2.62 bits per heavy atom. The summed E-state index contributed by atoms with van der Waals surface area (Å²) in [4.78, 5) is 24.5. The van der Waals surface area contributed by atoms with E-state index >= 15 is 0 Å². The number of carbonyl (C=O) groups is 1. The van der Waals surface area contributed by atoms with Crippen LogP contribution in [0.4, 0.5) is 0 Å². The highest BCUT2D eigenvalue weighted by Gasteiger charge is 2.25. The molecule has 0 atom stereocenters. The second kappa shape index (κ2) is 6.19. The van der Waals surface area contributed by atoms with Crippen molar-refractivity contribution in [2.24, 2.45) is 7.05 Å². The van der Waals surface area contributed by atoms with Gasteiger partial charge in [0.15, 0.2) is 11.3 Å². The first-order valence-electron chi connectivity index (χ1n) is 7.37. The summed E-state index contributed by atoms with van der Waals surface area (Å²) >= 11 is 0. The first-order chi connectivity index (χ1) is 11.5. The number of aromatic nitrogens is 3. The maximum absolute atomic E-state index is 12.5. The Kier molecular flexibility index (Phi) is 4.07. The molecule has 0 amide bonds. The van der Waals surface area contributed by atoms with Crippen molar-refractivity contribution in [1.29, 1.82) is 0 Å². The molecule has 0 bridgehead atoms. The highest BCUT2D eigenvalue weighted by atomic mass is 16.5. The lowest BCUT2D eigenvalue weighted by atomic mass is 10.2. The van der Waals surface area contributed by atoms with E-state index in [-0.39, 0.29) is 29.1 Å². The van der Waals surface area contributed by atoms with Crippen molar-refractivity contribution in [1.82, 2.24) is 14.2 Å². The minimum absolute atomic E-state index is 0.0140. The predicted octanol–water partition coefficient (Wildman–Crippen LogP) is 1.71. The van der Waals surface area contributed by atoms with Gasteiger partial charge < -0.3 is 14.0 Å². The van der Waals surface area contributed by atoms with E-state index in [0.717, 1.165) is 5.56 Å². The lowest BCUT2D eigenvalue weighted by molar-refractivity contribution is 0.0588. The average molecular weight is 327 g/mol. The fourth-order valence-electron chi connectivity index (χ4n) is 2.50. The summed E-state index contributed by atoms with van der Waals surface area (Å²) in [6.45, 7) is 2.00. The molecule has 0 N–H and O–H groups in total. The van der Waals surface area contributed by atoms with Crippen LogP contribution in [-0.4, -0.2) is 27.3 Å². The third-order valence-electron chi connectivity index (χ3n) is 3.68. The summed E-state index contributed by atoms with van der Waals surface area (Å²) in [5.41, 5.74) is 1.52. The maximum Gasteiger partial charge on any atom is 0.362 e. The van der Waals surface area contributed by atoms with Crippen LogP contribution in [0.1, 0.15) is 21.7 Å². The van der Waals surface area contributed by atoms with Crippen LogP contribution >= 0.6 is 0 Å². The van der Waals surface area contributed by atoms with Crippen molar-refractivity contribution in [3.63, 3.8) is 0 Å². The fourth-order valence-corrected chi connectivity index (χ4v) is 2.50. The molecular formula is C17H17N3O4. The zero-order valence-electron chi connectivity index (χ0n) is 13.6. The third-order valence-corrected chi connectivity index (χ3v) is 3.68. The van der Waals surface area contributed by atoms with Crippen LogP contribution < -0.4 is 10.3 Å². The lowest BCUT2D eigenvalue weighted by Gasteiger charge is -2.07. The van der Waals surface area contributed by atoms with E-state index in [0.29, 0.717) is 5.69 Å². The molecule has 124 valence electrons. The summed E-state index contributed by atoms with van der Waals surface area (Å²) in [7, 11) is 2.90. The van der Waals surface area contributed by atoms with Gasteiger partial charge in [0.25, 0.3) is 5.56 Å². The Morgan fingerprint density at radius 1 is 1.25 bits per heavy atom. The van der Waals surface area contributed by atoms with Crippen LogP contribution in [0.5, 0.6) is 5.75 Å². The van der Waals surface area contributed by atoms with Gasteiger partial charge in [-0.25, -0.2) is 9.31 Å². The van der Waals surface area contributed by atoms with Crippen LogP contribution in [0, 0.1) is 6.92 Å². The number of aryl methyl sites for hydroxylation is 2. The van der Waals surface area contributed by atoms with Crippen molar-refractivity contribution >= 4 is 11.5 Å². The number of benzene rings is 1. The third kappa shape index (κ3) is 2.64. The molecule has 3 rings (SSSR count). The largest absolute Gasteiger partial charge is 0.484 e. The highest BCUT2D eigenvalue weighted by Crippen LogP contribution is 2.25. The number of hydrogen-bond acceptors (Lipinski definition) is 5. The van der Waals surface area contributed by atoms with E-state index in [9.17, 15) is 9.59 Å². The number of esters is 1. The molecule has 0 saturated heterocycles. The van der Waals surface area contributed by atoms with Crippen molar-refractivity contribution in [2.45, 2.75) is 13.5 Å². The van der Waals surface area contributed by atoms with Gasteiger partial charge in [-0.3, -0.25) is 4.79 Å². The van der Waals surface area contributed by atoms with E-state index in [1.165, 1.54) is 16.2 Å². The number of ether oxygens (including phenoxy) is 2. The SMILES string of the molecule is COC(=O)c1nn2c(C)cn(C)c(=O)c2c1OCc1ccccc1. The molecule has 2 heterocycles. The molecule has 3 aromatic rings. The van der Waals surface area contributed by atoms with Crippen LogP contribution in [0.15, 0.2) is 41.3 Å². The molecule has 2 aromatic heterocycles. The minimum atomic E-state index is -0.650. The molecule has 0 spiro atoms. The van der Waals surface area contributed by atoms with Crippen LogP contribution in [0.3, 0.4) is 0 Å². The molecule has 0 aliphatic rings. The van der Waals surface area contributed by atoms with Gasteiger partial charge in [0, 0.05) is 13.2 Å². The second-order valence-corrected chi connectivity index (χ2v) is 5.39. The first kappa shape index (κ1) is 15.8. The fraction of sp³-hybridized carbons (Fsp3) is 0.235. The molecule has 1 aromatic carbocycles. The summed E-state index contributed by atoms with van der Waals surface area (Å²) in [6, 6.07) is 9.47. The zero-order valence-corrected chi connectivity index (χ0v) is 13.6. The highest BCUT2D eigenvalue weighted by molar-refractivity contribution is 5.93. The van der Waals surface area contributed by atoms with Gasteiger partial charge in [-0.1, -0.05) is 30.3 Å². The van der Waals surface area contributed by atoms with Crippen LogP contribution in [0.2, 0.25) is 0 Å². The van der Waals surface area contributed by atoms with Crippen molar-refractivity contribution < 1.29 is 14.3 Å². The molecule has 0 aliphatic heterocycles. The zero-order chi connectivity index (χ0) is 17.3. The smallest absolute Gasteiger partial charge is 0.362 e. The van der Waals surface area contributed by atoms with Crippen molar-refractivity contribution in [3.8, 4) is 5.75 Å². The van der Waals surface area contributed by atoms with Gasteiger partial charge in [0.1, 0.15) is 6.61 Å². The summed E-state index contributed by atoms with van der Waals surface area (Å²) in [5.74, 6) is -0.516. The molecule has 24 heavy (non-hydrogen) atoms. The molecule has 0 fully saturated rings. The minimum Gasteiger partial charge on any atom is -0.484 e. The van der Waals surface area contributed by atoms with E-state index in [2.05, 4.69) is 5.10 Å². The summed E-state index contributed by atoms with van der Waals surface area (Å²) in [5, 5.41) is 4.20. The Morgan fingerprint density at radius 2 is 1.96 bits per heavy atom. The Hall–Kier alpha value is -3.09. The van der Waals surface area contributed by atoms with E-state index in [1.54, 1.807) is 20.2 Å². The molecule has 0 radical (unpaired) electrons. The monoisotopic (exact) mass is 327 g/mol. The summed E-state index contributed by atoms with van der Waals surface area (Å²) < 4.78 is 13.4. The molecule has 0 aliphatic carbocycles. The van der Waals surface area contributed by atoms with Gasteiger partial charge in [0.2, 0.25) is 5.69 Å². The number of nitrogens with zero attached hydrogens (tertiary/aromatic N) is 3. The van der Waals surface area contributed by atoms with Crippen LogP contribution in [-0.2, 0) is 18.4 Å². The summed E-state index contributed by atoms with van der Waals surface area (Å²) in [6.07, 6.45) is 1.64. The quantitative estimate of drug-likeness (QED) is 0.682. The first-order valence-corrected chi connectivity index (χ1v) is 7.37. The Balaban J connectivity index is 2.15. The number of hydrogen-bond donors (Lipinski definition) is 0. The Labute approximate surface area is 138 Å². The standard InChI is InChI=1S/C17H17N3O4/c1-11-9-19(2)16(21)14-15(13(17(22)23-3)18-20(11)14)24-10-12-7-5-4-6-8-12/h4-9H,10H2,1-3H3. The van der Waals surface area contributed by atoms with Gasteiger partial charge in [-0.2, -0.15) is 5.10 Å².